The molecule has 0 heterocycles. The molecule has 162 valence electrons. The van der Waals surface area contributed by atoms with E-state index < -0.39 is 6.04 Å². The van der Waals surface area contributed by atoms with Gasteiger partial charge in [0.2, 0.25) is 5.91 Å². The Morgan fingerprint density at radius 2 is 1.70 bits per heavy atom. The van der Waals surface area contributed by atoms with E-state index in [-0.39, 0.29) is 18.4 Å². The van der Waals surface area contributed by atoms with E-state index in [1.54, 1.807) is 18.9 Å². The second-order valence-electron chi connectivity index (χ2n) is 6.93. The van der Waals surface area contributed by atoms with Crippen LogP contribution in [0.15, 0.2) is 48.5 Å². The molecule has 0 radical (unpaired) electrons. The fourth-order valence-electron chi connectivity index (χ4n) is 2.81. The van der Waals surface area contributed by atoms with Gasteiger partial charge >= 0.3 is 0 Å². The van der Waals surface area contributed by atoms with Crippen LogP contribution in [0.25, 0.3) is 0 Å². The topological polar surface area (TPSA) is 67.9 Å². The molecule has 2 aromatic rings. The highest BCUT2D eigenvalue weighted by Gasteiger charge is 2.26. The van der Waals surface area contributed by atoms with Crippen molar-refractivity contribution >= 4 is 34.4 Å². The summed E-state index contributed by atoms with van der Waals surface area (Å²) in [7, 11) is 1.61. The minimum atomic E-state index is -0.614. The quantitative estimate of drug-likeness (QED) is 0.357. The Bertz CT molecular complexity index is 809. The number of carbonyl (C=O) groups is 2. The van der Waals surface area contributed by atoms with E-state index >= 15 is 0 Å². The highest BCUT2D eigenvalue weighted by molar-refractivity contribution is 14.1. The third-order valence-electron chi connectivity index (χ3n) is 4.68. The molecule has 0 unspecified atom stereocenters. The minimum Gasteiger partial charge on any atom is -0.497 e. The highest BCUT2D eigenvalue weighted by Crippen LogP contribution is 2.17. The average Bonchev–Trinajstić information content (AvgIpc) is 2.77. The van der Waals surface area contributed by atoms with Crippen molar-refractivity contribution < 1.29 is 19.1 Å². The van der Waals surface area contributed by atoms with Crippen LogP contribution in [0.1, 0.15) is 32.3 Å². The second-order valence-corrected chi connectivity index (χ2v) is 8.18. The van der Waals surface area contributed by atoms with Gasteiger partial charge in [0.15, 0.2) is 6.61 Å². The second kappa shape index (κ2) is 12.4. The van der Waals surface area contributed by atoms with Crippen molar-refractivity contribution in [1.82, 2.24) is 10.2 Å². The lowest BCUT2D eigenvalue weighted by atomic mass is 10.1. The molecule has 1 N–H and O–H groups in total. The van der Waals surface area contributed by atoms with Crippen LogP contribution in [0.3, 0.4) is 0 Å². The zero-order valence-corrected chi connectivity index (χ0v) is 19.8. The van der Waals surface area contributed by atoms with Gasteiger partial charge in [-0.05, 0) is 77.9 Å². The van der Waals surface area contributed by atoms with Gasteiger partial charge in [-0.3, -0.25) is 9.59 Å². The Balaban J connectivity index is 2.10. The van der Waals surface area contributed by atoms with Crippen LogP contribution in [0, 0.1) is 3.57 Å². The fourth-order valence-corrected chi connectivity index (χ4v) is 3.16. The predicted octanol–water partition coefficient (Wildman–Crippen LogP) is 4.01. The number of benzene rings is 2. The van der Waals surface area contributed by atoms with E-state index in [1.807, 2.05) is 48.5 Å². The number of nitrogens with zero attached hydrogens (tertiary/aromatic N) is 1. The maximum Gasteiger partial charge on any atom is 0.261 e. The van der Waals surface area contributed by atoms with Crippen LogP contribution >= 0.6 is 22.6 Å². The van der Waals surface area contributed by atoms with Gasteiger partial charge in [-0.25, -0.2) is 0 Å². The van der Waals surface area contributed by atoms with Gasteiger partial charge < -0.3 is 19.7 Å². The van der Waals surface area contributed by atoms with Crippen molar-refractivity contribution in [3.63, 3.8) is 0 Å². The molecule has 7 heteroatoms. The summed E-state index contributed by atoms with van der Waals surface area (Å²) in [6, 6.07) is 14.3. The first-order chi connectivity index (χ1) is 14.4. The van der Waals surface area contributed by atoms with Crippen molar-refractivity contribution in [3.05, 3.63) is 57.7 Å². The molecule has 0 spiro atoms. The van der Waals surface area contributed by atoms with Gasteiger partial charge in [-0.15, -0.1) is 0 Å². The minimum absolute atomic E-state index is 0.136. The largest absolute Gasteiger partial charge is 0.497 e. The maximum atomic E-state index is 13.0. The van der Waals surface area contributed by atoms with E-state index in [9.17, 15) is 9.59 Å². The molecule has 0 saturated heterocycles. The average molecular weight is 524 g/mol. The summed E-state index contributed by atoms with van der Waals surface area (Å²) in [6.07, 6.45) is 1.90. The van der Waals surface area contributed by atoms with Gasteiger partial charge in [0.1, 0.15) is 17.5 Å². The molecule has 0 aromatic heterocycles. The lowest BCUT2D eigenvalue weighted by Crippen LogP contribution is -2.49. The zero-order valence-electron chi connectivity index (χ0n) is 17.7. The van der Waals surface area contributed by atoms with Crippen molar-refractivity contribution in [2.45, 2.75) is 39.3 Å². The van der Waals surface area contributed by atoms with E-state index in [1.165, 1.54) is 0 Å². The van der Waals surface area contributed by atoms with E-state index in [0.717, 1.165) is 27.7 Å². The van der Waals surface area contributed by atoms with Crippen molar-refractivity contribution in [1.29, 1.82) is 0 Å². The van der Waals surface area contributed by atoms with Crippen LogP contribution < -0.4 is 14.8 Å². The van der Waals surface area contributed by atoms with Crippen LogP contribution in [-0.2, 0) is 16.1 Å². The summed E-state index contributed by atoms with van der Waals surface area (Å²) in [5, 5.41) is 2.91. The molecule has 1 atom stereocenters. The number of carbonyl (C=O) groups excluding carboxylic acids is 2. The lowest BCUT2D eigenvalue weighted by molar-refractivity contribution is -0.142. The lowest BCUT2D eigenvalue weighted by Gasteiger charge is -2.28. The first kappa shape index (κ1) is 24.0. The van der Waals surface area contributed by atoms with Crippen LogP contribution in [0.4, 0.5) is 0 Å². The Kier molecular flexibility index (Phi) is 9.93. The van der Waals surface area contributed by atoms with Gasteiger partial charge in [0.25, 0.3) is 5.91 Å². The molecule has 0 saturated carbocycles. The molecule has 0 fully saturated rings. The van der Waals surface area contributed by atoms with Gasteiger partial charge in [-0.2, -0.15) is 0 Å². The van der Waals surface area contributed by atoms with E-state index in [2.05, 4.69) is 34.8 Å². The van der Waals surface area contributed by atoms with Gasteiger partial charge in [0, 0.05) is 16.7 Å². The summed E-state index contributed by atoms with van der Waals surface area (Å²) in [6.45, 7) is 4.58. The monoisotopic (exact) mass is 524 g/mol. The first-order valence-corrected chi connectivity index (χ1v) is 11.1. The van der Waals surface area contributed by atoms with Gasteiger partial charge in [0.05, 0.1) is 7.11 Å². The number of amides is 2. The molecule has 0 aliphatic heterocycles. The van der Waals surface area contributed by atoms with E-state index in [0.29, 0.717) is 18.8 Å². The number of methoxy groups -OCH3 is 1. The van der Waals surface area contributed by atoms with Crippen molar-refractivity contribution in [3.8, 4) is 11.5 Å². The molecular formula is C23H29IN2O4. The SMILES string of the molecule is CCCCNC(=O)[C@@H](C)N(Cc1ccc(OC)cc1)C(=O)COc1ccc(I)cc1. The number of nitrogens with one attached hydrogen (secondary N) is 1. The number of ether oxygens (including phenoxy) is 2. The fraction of sp³-hybridized carbons (Fsp3) is 0.391. The summed E-state index contributed by atoms with van der Waals surface area (Å²) < 4.78 is 11.9. The molecule has 0 aliphatic rings. The summed E-state index contributed by atoms with van der Waals surface area (Å²) in [5.74, 6) is 0.944. The summed E-state index contributed by atoms with van der Waals surface area (Å²) in [4.78, 5) is 27.1. The van der Waals surface area contributed by atoms with Crippen molar-refractivity contribution in [2.75, 3.05) is 20.3 Å². The van der Waals surface area contributed by atoms with Crippen LogP contribution in [-0.4, -0.2) is 43.0 Å². The first-order valence-electron chi connectivity index (χ1n) is 10.0. The predicted molar refractivity (Wildman–Crippen MR) is 126 cm³/mol. The maximum absolute atomic E-state index is 13.0. The summed E-state index contributed by atoms with van der Waals surface area (Å²) >= 11 is 2.21. The number of hydrogen-bond donors (Lipinski definition) is 1. The molecule has 2 aromatic carbocycles. The molecule has 0 bridgehead atoms. The molecule has 2 rings (SSSR count). The third-order valence-corrected chi connectivity index (χ3v) is 5.40. The molecule has 30 heavy (non-hydrogen) atoms. The Hall–Kier alpha value is -2.29. The van der Waals surface area contributed by atoms with Crippen LogP contribution in [0.2, 0.25) is 0 Å². The van der Waals surface area contributed by atoms with Gasteiger partial charge in [-0.1, -0.05) is 25.5 Å². The molecule has 0 aliphatic carbocycles. The Morgan fingerprint density at radius 3 is 2.30 bits per heavy atom. The van der Waals surface area contributed by atoms with Crippen molar-refractivity contribution in [2.24, 2.45) is 0 Å². The van der Waals surface area contributed by atoms with Crippen LogP contribution in [0.5, 0.6) is 11.5 Å². The Morgan fingerprint density at radius 1 is 1.07 bits per heavy atom. The molecule has 6 nitrogen and oxygen atoms in total. The third kappa shape index (κ3) is 7.51. The number of unbranched alkanes of at least 4 members (excludes halogenated alkanes) is 1. The van der Waals surface area contributed by atoms with E-state index in [4.69, 9.17) is 9.47 Å². The standard InChI is InChI=1S/C23H29IN2O4/c1-4-5-14-25-23(28)17(2)26(15-18-6-10-20(29-3)11-7-18)22(27)16-30-21-12-8-19(24)9-13-21/h6-13,17H,4-5,14-16H2,1-3H3,(H,25,28)/t17-/m1/s1. The number of rotatable bonds is 11. The smallest absolute Gasteiger partial charge is 0.261 e. The number of hydrogen-bond acceptors (Lipinski definition) is 4. The normalized spacial score (nSPS) is 11.5. The molecule has 2 amide bonds. The Labute approximate surface area is 192 Å². The highest BCUT2D eigenvalue weighted by atomic mass is 127. The summed E-state index contributed by atoms with van der Waals surface area (Å²) in [5.41, 5.74) is 0.909. The zero-order chi connectivity index (χ0) is 21.9. The number of halogens is 1. The molecular weight excluding hydrogens is 495 g/mol.